The van der Waals surface area contributed by atoms with Gasteiger partial charge in [-0.25, -0.2) is 0 Å². The molecule has 2 aromatic carbocycles. The Bertz CT molecular complexity index is 792. The van der Waals surface area contributed by atoms with Crippen LogP contribution in [-0.4, -0.2) is 36.6 Å². The summed E-state index contributed by atoms with van der Waals surface area (Å²) in [5, 5.41) is 0.765. The van der Waals surface area contributed by atoms with Gasteiger partial charge in [0.1, 0.15) is 13.2 Å². The number of ether oxygens (including phenoxy) is 2. The summed E-state index contributed by atoms with van der Waals surface area (Å²) in [5.74, 6) is 1.40. The fourth-order valence-corrected chi connectivity index (χ4v) is 3.79. The molecule has 1 fully saturated rings. The fourth-order valence-electron chi connectivity index (χ4n) is 3.58. The number of hydrogen-bond donors (Lipinski definition) is 0. The predicted molar refractivity (Wildman–Crippen MR) is 96.6 cm³/mol. The van der Waals surface area contributed by atoms with Crippen LogP contribution in [0.4, 0.5) is 0 Å². The summed E-state index contributed by atoms with van der Waals surface area (Å²) in [6, 6.07) is 13.5. The topological polar surface area (TPSA) is 38.8 Å². The lowest BCUT2D eigenvalue weighted by Gasteiger charge is -2.26. The minimum Gasteiger partial charge on any atom is -0.486 e. The molecule has 25 heavy (non-hydrogen) atoms. The molecule has 0 spiro atoms. The van der Waals surface area contributed by atoms with Crippen molar-refractivity contribution in [2.75, 3.05) is 19.8 Å². The van der Waals surface area contributed by atoms with Gasteiger partial charge in [-0.2, -0.15) is 0 Å². The first-order valence-corrected chi connectivity index (χ1v) is 9.04. The Morgan fingerprint density at radius 2 is 1.92 bits per heavy atom. The minimum atomic E-state index is 0.0477. The van der Waals surface area contributed by atoms with E-state index in [0.717, 1.165) is 36.4 Å². The third-order valence-electron chi connectivity index (χ3n) is 4.84. The van der Waals surface area contributed by atoms with Crippen molar-refractivity contribution >= 4 is 17.5 Å². The number of benzene rings is 2. The molecule has 2 aromatic rings. The van der Waals surface area contributed by atoms with Crippen LogP contribution in [0, 0.1) is 0 Å². The van der Waals surface area contributed by atoms with Crippen LogP contribution in [0.25, 0.3) is 0 Å². The molecule has 130 valence electrons. The maximum atomic E-state index is 13.0. The first-order chi connectivity index (χ1) is 12.2. The number of fused-ring (bicyclic) bond motifs is 1. The summed E-state index contributed by atoms with van der Waals surface area (Å²) in [4.78, 5) is 15.0. The second-order valence-corrected chi connectivity index (χ2v) is 6.86. The number of halogens is 1. The lowest BCUT2D eigenvalue weighted by atomic mass is 10.0. The van der Waals surface area contributed by atoms with E-state index in [1.54, 1.807) is 6.07 Å². The second-order valence-electron chi connectivity index (χ2n) is 6.45. The van der Waals surface area contributed by atoms with Crippen LogP contribution in [0.5, 0.6) is 11.5 Å². The van der Waals surface area contributed by atoms with Gasteiger partial charge in [0.25, 0.3) is 5.91 Å². The molecule has 2 aliphatic rings. The lowest BCUT2D eigenvalue weighted by molar-refractivity contribution is 0.0735. The highest BCUT2D eigenvalue weighted by Crippen LogP contribution is 2.32. The van der Waals surface area contributed by atoms with Gasteiger partial charge in [0.05, 0.1) is 0 Å². The number of hydrogen-bond acceptors (Lipinski definition) is 3. The number of carbonyl (C=O) groups excluding carboxylic acids is 1. The monoisotopic (exact) mass is 357 g/mol. The lowest BCUT2D eigenvalue weighted by Crippen LogP contribution is -2.37. The fraction of sp³-hybridized carbons (Fsp3) is 0.350. The van der Waals surface area contributed by atoms with E-state index < -0.39 is 0 Å². The third-order valence-corrected chi connectivity index (χ3v) is 5.21. The largest absolute Gasteiger partial charge is 0.486 e. The molecular weight excluding hydrogens is 338 g/mol. The molecule has 0 radical (unpaired) electrons. The first-order valence-electron chi connectivity index (χ1n) is 8.66. The molecular formula is C20H20ClNO3. The van der Waals surface area contributed by atoms with Crippen molar-refractivity contribution in [3.8, 4) is 11.5 Å². The molecule has 4 rings (SSSR count). The average molecular weight is 358 g/mol. The molecule has 0 N–H and O–H groups in total. The van der Waals surface area contributed by atoms with E-state index in [4.69, 9.17) is 21.1 Å². The maximum Gasteiger partial charge on any atom is 0.254 e. The highest BCUT2D eigenvalue weighted by molar-refractivity contribution is 6.31. The van der Waals surface area contributed by atoms with Crippen LogP contribution in [0.1, 0.15) is 28.8 Å². The van der Waals surface area contributed by atoms with Crippen molar-refractivity contribution in [1.29, 1.82) is 0 Å². The summed E-state index contributed by atoms with van der Waals surface area (Å²) in [6.07, 6.45) is 2.81. The molecule has 1 amide bonds. The van der Waals surface area contributed by atoms with Gasteiger partial charge in [0.2, 0.25) is 0 Å². The van der Waals surface area contributed by atoms with Gasteiger partial charge < -0.3 is 14.4 Å². The summed E-state index contributed by atoms with van der Waals surface area (Å²) >= 11 is 6.29. The van der Waals surface area contributed by atoms with Gasteiger partial charge in [-0.05, 0) is 49.1 Å². The molecule has 0 saturated carbocycles. The zero-order valence-corrected chi connectivity index (χ0v) is 14.7. The molecule has 1 unspecified atom stereocenters. The molecule has 1 saturated heterocycles. The average Bonchev–Trinajstić information content (AvgIpc) is 3.11. The van der Waals surface area contributed by atoms with E-state index in [1.807, 2.05) is 41.3 Å². The Hall–Kier alpha value is -2.20. The molecule has 1 atom stereocenters. The highest BCUT2D eigenvalue weighted by atomic mass is 35.5. The van der Waals surface area contributed by atoms with E-state index in [2.05, 4.69) is 0 Å². The van der Waals surface area contributed by atoms with Crippen molar-refractivity contribution in [2.45, 2.75) is 25.3 Å². The van der Waals surface area contributed by atoms with Gasteiger partial charge in [-0.1, -0.05) is 29.8 Å². The van der Waals surface area contributed by atoms with Crippen LogP contribution in [-0.2, 0) is 6.42 Å². The molecule has 0 aromatic heterocycles. The van der Waals surface area contributed by atoms with Gasteiger partial charge >= 0.3 is 0 Å². The molecule has 5 heteroatoms. The minimum absolute atomic E-state index is 0.0477. The number of carbonyl (C=O) groups is 1. The number of rotatable bonds is 3. The first kappa shape index (κ1) is 16.3. The Morgan fingerprint density at radius 3 is 2.76 bits per heavy atom. The number of likely N-dealkylation sites (tertiary alicyclic amines) is 1. The molecule has 4 nitrogen and oxygen atoms in total. The molecule has 2 heterocycles. The standard InChI is InChI=1S/C20H20ClNO3/c21-17-6-2-1-4-14(17)12-16-5-3-9-22(16)20(23)15-7-8-18-19(13-15)25-11-10-24-18/h1-2,4,6-8,13,16H,3,5,9-12H2. The van der Waals surface area contributed by atoms with E-state index in [9.17, 15) is 4.79 Å². The highest BCUT2D eigenvalue weighted by Gasteiger charge is 2.30. The summed E-state index contributed by atoms with van der Waals surface area (Å²) in [5.41, 5.74) is 1.74. The Balaban J connectivity index is 1.53. The SMILES string of the molecule is O=C(c1ccc2c(c1)OCCO2)N1CCCC1Cc1ccccc1Cl. The normalized spacial score (nSPS) is 19.1. The van der Waals surface area contributed by atoms with Gasteiger partial charge in [0.15, 0.2) is 11.5 Å². The molecule has 2 aliphatic heterocycles. The van der Waals surface area contributed by atoms with Crippen molar-refractivity contribution < 1.29 is 14.3 Å². The van der Waals surface area contributed by atoms with E-state index in [1.165, 1.54) is 0 Å². The quantitative estimate of drug-likeness (QED) is 0.834. The second kappa shape index (κ2) is 6.96. The van der Waals surface area contributed by atoms with Crippen LogP contribution in [0.3, 0.4) is 0 Å². The Morgan fingerprint density at radius 1 is 1.12 bits per heavy atom. The van der Waals surface area contributed by atoms with E-state index >= 15 is 0 Å². The molecule has 0 bridgehead atoms. The molecule has 0 aliphatic carbocycles. The van der Waals surface area contributed by atoms with Crippen molar-refractivity contribution in [3.63, 3.8) is 0 Å². The Labute approximate surface area is 152 Å². The van der Waals surface area contributed by atoms with Crippen LogP contribution in [0.15, 0.2) is 42.5 Å². The number of amides is 1. The summed E-state index contributed by atoms with van der Waals surface area (Å²) in [6.45, 7) is 1.85. The van der Waals surface area contributed by atoms with Crippen LogP contribution >= 0.6 is 11.6 Å². The van der Waals surface area contributed by atoms with Gasteiger partial charge in [-0.3, -0.25) is 4.79 Å². The maximum absolute atomic E-state index is 13.0. The van der Waals surface area contributed by atoms with Crippen molar-refractivity contribution in [3.05, 3.63) is 58.6 Å². The summed E-state index contributed by atoms with van der Waals surface area (Å²) < 4.78 is 11.1. The van der Waals surface area contributed by atoms with Crippen molar-refractivity contribution in [2.24, 2.45) is 0 Å². The van der Waals surface area contributed by atoms with Gasteiger partial charge in [-0.15, -0.1) is 0 Å². The van der Waals surface area contributed by atoms with Crippen molar-refractivity contribution in [1.82, 2.24) is 4.90 Å². The van der Waals surface area contributed by atoms with Crippen LogP contribution in [0.2, 0.25) is 5.02 Å². The zero-order chi connectivity index (χ0) is 17.2. The van der Waals surface area contributed by atoms with E-state index in [-0.39, 0.29) is 11.9 Å². The van der Waals surface area contributed by atoms with Crippen LogP contribution < -0.4 is 9.47 Å². The summed E-state index contributed by atoms with van der Waals surface area (Å²) in [7, 11) is 0. The Kier molecular flexibility index (Phi) is 4.53. The zero-order valence-electron chi connectivity index (χ0n) is 13.9. The predicted octanol–water partition coefficient (Wildman–Crippen LogP) is 3.96. The van der Waals surface area contributed by atoms with E-state index in [0.29, 0.717) is 30.3 Å². The van der Waals surface area contributed by atoms with Gasteiger partial charge in [0, 0.05) is 23.2 Å². The number of nitrogens with zero attached hydrogens (tertiary/aromatic N) is 1. The third kappa shape index (κ3) is 3.31. The smallest absolute Gasteiger partial charge is 0.254 e.